The second kappa shape index (κ2) is 8.48. The van der Waals surface area contributed by atoms with Gasteiger partial charge >= 0.3 is 6.36 Å². The molecule has 0 saturated carbocycles. The molecule has 26 heavy (non-hydrogen) atoms. The van der Waals surface area contributed by atoms with E-state index in [1.54, 1.807) is 18.0 Å². The second-order valence-corrected chi connectivity index (χ2v) is 7.12. The number of alkyl halides is 3. The number of piperidine rings is 1. The van der Waals surface area contributed by atoms with Gasteiger partial charge in [0.25, 0.3) is 0 Å². The molecule has 2 aliphatic rings. The van der Waals surface area contributed by atoms with E-state index in [0.717, 1.165) is 12.8 Å². The van der Waals surface area contributed by atoms with Crippen LogP contribution in [0.3, 0.4) is 0 Å². The summed E-state index contributed by atoms with van der Waals surface area (Å²) in [5.41, 5.74) is 0.614. The van der Waals surface area contributed by atoms with Crippen molar-refractivity contribution in [2.24, 2.45) is 5.92 Å². The molecule has 8 heteroatoms. The Bertz CT molecular complexity index is 615. The molecule has 3 rings (SSSR count). The van der Waals surface area contributed by atoms with E-state index in [9.17, 15) is 18.0 Å². The topological polar surface area (TPSA) is 41.6 Å². The SMILES string of the molecule is CN(Cc1cccc(OC(F)(F)F)c1)C(=O)CC1CC2CCC(C1)N2.Cl. The normalized spacial score (nSPS) is 24.7. The van der Waals surface area contributed by atoms with Crippen molar-refractivity contribution in [3.63, 3.8) is 0 Å². The van der Waals surface area contributed by atoms with E-state index in [2.05, 4.69) is 10.1 Å². The van der Waals surface area contributed by atoms with Crippen LogP contribution >= 0.6 is 12.4 Å². The summed E-state index contributed by atoms with van der Waals surface area (Å²) in [6.45, 7) is 0.270. The molecule has 0 aromatic heterocycles. The summed E-state index contributed by atoms with van der Waals surface area (Å²) < 4.78 is 40.8. The molecule has 2 saturated heterocycles. The van der Waals surface area contributed by atoms with Gasteiger partial charge in [-0.1, -0.05) is 12.1 Å². The quantitative estimate of drug-likeness (QED) is 0.826. The molecule has 1 aromatic carbocycles. The molecule has 0 radical (unpaired) electrons. The lowest BCUT2D eigenvalue weighted by molar-refractivity contribution is -0.274. The van der Waals surface area contributed by atoms with Crippen molar-refractivity contribution in [2.75, 3.05) is 7.05 Å². The van der Waals surface area contributed by atoms with E-state index in [1.807, 2.05) is 0 Å². The molecule has 2 aliphatic heterocycles. The Balaban J connectivity index is 0.00000243. The smallest absolute Gasteiger partial charge is 0.406 e. The second-order valence-electron chi connectivity index (χ2n) is 7.12. The van der Waals surface area contributed by atoms with Crippen LogP contribution in [0.5, 0.6) is 5.75 Å². The number of benzene rings is 1. The minimum Gasteiger partial charge on any atom is -0.406 e. The highest BCUT2D eigenvalue weighted by atomic mass is 35.5. The van der Waals surface area contributed by atoms with Gasteiger partial charge in [-0.2, -0.15) is 0 Å². The van der Waals surface area contributed by atoms with Gasteiger partial charge in [0.2, 0.25) is 5.91 Å². The molecular formula is C18H24ClF3N2O2. The Hall–Kier alpha value is -1.47. The van der Waals surface area contributed by atoms with Crippen molar-refractivity contribution >= 4 is 18.3 Å². The first-order chi connectivity index (χ1) is 11.8. The molecule has 4 nitrogen and oxygen atoms in total. The van der Waals surface area contributed by atoms with Crippen molar-refractivity contribution in [1.29, 1.82) is 0 Å². The fraction of sp³-hybridized carbons (Fsp3) is 0.611. The van der Waals surface area contributed by atoms with Gasteiger partial charge in [0, 0.05) is 32.1 Å². The first-order valence-corrected chi connectivity index (χ1v) is 8.63. The molecule has 1 N–H and O–H groups in total. The van der Waals surface area contributed by atoms with Crippen LogP contribution in [-0.4, -0.2) is 36.3 Å². The highest BCUT2D eigenvalue weighted by molar-refractivity contribution is 5.85. The lowest BCUT2D eigenvalue weighted by Crippen LogP contribution is -2.39. The Morgan fingerprint density at radius 2 is 1.92 bits per heavy atom. The van der Waals surface area contributed by atoms with E-state index in [0.29, 0.717) is 30.0 Å². The minimum atomic E-state index is -4.71. The molecule has 2 fully saturated rings. The monoisotopic (exact) mass is 392 g/mol. The average Bonchev–Trinajstić information content (AvgIpc) is 2.84. The predicted molar refractivity (Wildman–Crippen MR) is 94.1 cm³/mol. The molecule has 2 atom stereocenters. The van der Waals surface area contributed by atoms with Crippen LogP contribution in [-0.2, 0) is 11.3 Å². The van der Waals surface area contributed by atoms with Crippen LogP contribution in [0.4, 0.5) is 13.2 Å². The molecular weight excluding hydrogens is 369 g/mol. The first-order valence-electron chi connectivity index (χ1n) is 8.63. The van der Waals surface area contributed by atoms with Crippen LogP contribution < -0.4 is 10.1 Å². The van der Waals surface area contributed by atoms with Gasteiger partial charge in [-0.25, -0.2) is 0 Å². The van der Waals surface area contributed by atoms with E-state index >= 15 is 0 Å². The van der Waals surface area contributed by atoms with E-state index in [4.69, 9.17) is 0 Å². The molecule has 0 aliphatic carbocycles. The van der Waals surface area contributed by atoms with Gasteiger partial charge in [-0.05, 0) is 49.3 Å². The van der Waals surface area contributed by atoms with Gasteiger partial charge < -0.3 is 15.0 Å². The maximum atomic E-state index is 12.5. The third-order valence-electron chi connectivity index (χ3n) is 5.01. The number of ether oxygens (including phenoxy) is 1. The van der Waals surface area contributed by atoms with Crippen LogP contribution in [0.2, 0.25) is 0 Å². The van der Waals surface area contributed by atoms with Crippen molar-refractivity contribution in [2.45, 2.75) is 57.1 Å². The Morgan fingerprint density at radius 1 is 1.27 bits per heavy atom. The summed E-state index contributed by atoms with van der Waals surface area (Å²) in [7, 11) is 1.69. The minimum absolute atomic E-state index is 0. The number of nitrogens with one attached hydrogen (secondary N) is 1. The Labute approximate surface area is 157 Å². The predicted octanol–water partition coefficient (Wildman–Crippen LogP) is 3.89. The standard InChI is InChI=1S/C18H23F3N2O2.ClH/c1-23(11-12-3-2-4-16(9-12)25-18(19,20)21)17(24)10-13-7-14-5-6-15(8-13)22-14;/h2-4,9,13-15,22H,5-8,10-11H2,1H3;1H. The van der Waals surface area contributed by atoms with Crippen molar-refractivity contribution in [3.8, 4) is 5.75 Å². The number of amides is 1. The summed E-state index contributed by atoms with van der Waals surface area (Å²) >= 11 is 0. The number of halogens is 4. The summed E-state index contributed by atoms with van der Waals surface area (Å²) in [5.74, 6) is 0.169. The average molecular weight is 393 g/mol. The van der Waals surface area contributed by atoms with Crippen LogP contribution in [0.1, 0.15) is 37.7 Å². The van der Waals surface area contributed by atoms with E-state index in [1.165, 1.54) is 31.0 Å². The molecule has 146 valence electrons. The molecule has 2 bridgehead atoms. The zero-order chi connectivity index (χ0) is 18.0. The molecule has 2 heterocycles. The number of nitrogens with zero attached hydrogens (tertiary/aromatic N) is 1. The number of rotatable bonds is 5. The number of carbonyl (C=O) groups is 1. The van der Waals surface area contributed by atoms with E-state index < -0.39 is 6.36 Å². The largest absolute Gasteiger partial charge is 0.573 e. The highest BCUT2D eigenvalue weighted by Crippen LogP contribution is 2.33. The third-order valence-corrected chi connectivity index (χ3v) is 5.01. The zero-order valence-electron chi connectivity index (χ0n) is 14.6. The van der Waals surface area contributed by atoms with Crippen molar-refractivity contribution in [3.05, 3.63) is 29.8 Å². The Morgan fingerprint density at radius 3 is 2.54 bits per heavy atom. The highest BCUT2D eigenvalue weighted by Gasteiger charge is 2.34. The summed E-state index contributed by atoms with van der Waals surface area (Å²) in [5, 5.41) is 3.56. The molecule has 1 amide bonds. The number of hydrogen-bond acceptors (Lipinski definition) is 3. The lowest BCUT2D eigenvalue weighted by atomic mass is 9.89. The molecule has 1 aromatic rings. The number of hydrogen-bond donors (Lipinski definition) is 1. The van der Waals surface area contributed by atoms with Crippen molar-refractivity contribution in [1.82, 2.24) is 10.2 Å². The van der Waals surface area contributed by atoms with Crippen LogP contribution in [0, 0.1) is 5.92 Å². The fourth-order valence-electron chi connectivity index (χ4n) is 3.95. The fourth-order valence-corrected chi connectivity index (χ4v) is 3.95. The van der Waals surface area contributed by atoms with Crippen molar-refractivity contribution < 1.29 is 22.7 Å². The van der Waals surface area contributed by atoms with Crippen LogP contribution in [0.15, 0.2) is 24.3 Å². The first kappa shape index (κ1) is 20.8. The maximum Gasteiger partial charge on any atom is 0.573 e. The molecule has 0 spiro atoms. The van der Waals surface area contributed by atoms with Crippen LogP contribution in [0.25, 0.3) is 0 Å². The van der Waals surface area contributed by atoms with Gasteiger partial charge in [-0.15, -0.1) is 25.6 Å². The molecule has 2 unspecified atom stereocenters. The number of fused-ring (bicyclic) bond motifs is 2. The summed E-state index contributed by atoms with van der Waals surface area (Å²) in [4.78, 5) is 14.0. The maximum absolute atomic E-state index is 12.5. The third kappa shape index (κ3) is 5.77. The van der Waals surface area contributed by atoms with E-state index in [-0.39, 0.29) is 30.6 Å². The Kier molecular flexibility index (Phi) is 6.80. The van der Waals surface area contributed by atoms with Gasteiger partial charge in [0.1, 0.15) is 5.75 Å². The van der Waals surface area contributed by atoms with Gasteiger partial charge in [-0.3, -0.25) is 4.79 Å². The summed E-state index contributed by atoms with van der Waals surface area (Å²) in [6.07, 6.45) is 0.239. The zero-order valence-corrected chi connectivity index (χ0v) is 15.4. The summed E-state index contributed by atoms with van der Waals surface area (Å²) in [6, 6.07) is 6.85. The number of carbonyl (C=O) groups excluding carboxylic acids is 1. The van der Waals surface area contributed by atoms with Gasteiger partial charge in [0.05, 0.1) is 0 Å². The lowest BCUT2D eigenvalue weighted by Gasteiger charge is -2.30. The van der Waals surface area contributed by atoms with Gasteiger partial charge in [0.15, 0.2) is 0 Å².